The highest BCUT2D eigenvalue weighted by molar-refractivity contribution is 5.85. The molecule has 3 aliphatic heterocycles. The van der Waals surface area contributed by atoms with E-state index in [1.165, 1.54) is 27.7 Å². The molecule has 0 saturated carbocycles. The number of benzene rings is 2. The molecule has 0 aliphatic carbocycles. The van der Waals surface area contributed by atoms with E-state index in [9.17, 15) is 4.79 Å². The summed E-state index contributed by atoms with van der Waals surface area (Å²) in [4.78, 5) is 15.9. The third-order valence-corrected chi connectivity index (χ3v) is 6.57. The molecule has 3 aliphatic rings. The van der Waals surface area contributed by atoms with Gasteiger partial charge in [-0.3, -0.25) is 9.69 Å². The number of morpholine rings is 1. The lowest BCUT2D eigenvalue weighted by Crippen LogP contribution is -2.37. The largest absolute Gasteiger partial charge is 0.454 e. The van der Waals surface area contributed by atoms with Gasteiger partial charge in [0.1, 0.15) is 0 Å². The van der Waals surface area contributed by atoms with E-state index in [-0.39, 0.29) is 6.04 Å². The molecular formula is C28H38N4O4. The number of ether oxygens (including phenoxy) is 3. The van der Waals surface area contributed by atoms with Crippen molar-refractivity contribution >= 4 is 17.3 Å². The van der Waals surface area contributed by atoms with E-state index in [2.05, 4.69) is 56.9 Å². The van der Waals surface area contributed by atoms with Crippen LogP contribution in [0.15, 0.2) is 42.5 Å². The average molecular weight is 495 g/mol. The van der Waals surface area contributed by atoms with Gasteiger partial charge < -0.3 is 29.8 Å². The molecule has 194 valence electrons. The Morgan fingerprint density at radius 2 is 1.89 bits per heavy atom. The van der Waals surface area contributed by atoms with Crippen LogP contribution in [0, 0.1) is 0 Å². The Hall–Kier alpha value is -3.07. The van der Waals surface area contributed by atoms with Crippen molar-refractivity contribution in [3.63, 3.8) is 0 Å². The van der Waals surface area contributed by atoms with Crippen molar-refractivity contribution < 1.29 is 19.0 Å². The summed E-state index contributed by atoms with van der Waals surface area (Å²) >= 11 is 0. The van der Waals surface area contributed by atoms with Gasteiger partial charge in [0.2, 0.25) is 13.2 Å². The first kappa shape index (κ1) is 26.0. The number of amides is 1. The first-order valence-electron chi connectivity index (χ1n) is 13.0. The number of nitrogens with one attached hydrogen (secondary N) is 3. The predicted molar refractivity (Wildman–Crippen MR) is 142 cm³/mol. The van der Waals surface area contributed by atoms with Crippen molar-refractivity contribution in [2.24, 2.45) is 0 Å². The molecule has 0 bridgehead atoms. The molecular weight excluding hydrogens is 456 g/mol. The van der Waals surface area contributed by atoms with Gasteiger partial charge >= 0.3 is 0 Å². The highest BCUT2D eigenvalue weighted by Gasteiger charge is 2.26. The van der Waals surface area contributed by atoms with Crippen LogP contribution in [0.3, 0.4) is 0 Å². The number of hydrogen-bond donors (Lipinski definition) is 3. The van der Waals surface area contributed by atoms with Crippen molar-refractivity contribution in [1.29, 1.82) is 0 Å². The lowest BCUT2D eigenvalue weighted by Gasteiger charge is -2.26. The van der Waals surface area contributed by atoms with E-state index in [1.807, 2.05) is 19.9 Å². The van der Waals surface area contributed by atoms with E-state index < -0.39 is 0 Å². The topological polar surface area (TPSA) is 87.9 Å². The smallest absolute Gasteiger partial charge is 0.231 e. The fourth-order valence-electron chi connectivity index (χ4n) is 4.85. The molecule has 3 N–H and O–H groups in total. The van der Waals surface area contributed by atoms with Gasteiger partial charge in [0.05, 0.1) is 19.3 Å². The minimum Gasteiger partial charge on any atom is -0.454 e. The van der Waals surface area contributed by atoms with Gasteiger partial charge in [-0.2, -0.15) is 0 Å². The SMILES string of the molecule is CC.O=CNCCCN1CCOCC1.c1ccc2c3c([nH]c2c1)[C@H](c1ccc2c(c1)OCO2)NCC3. The van der Waals surface area contributed by atoms with Gasteiger partial charge in [-0.05, 0) is 48.7 Å². The van der Waals surface area contributed by atoms with E-state index in [0.29, 0.717) is 6.79 Å². The van der Waals surface area contributed by atoms with Crippen LogP contribution in [-0.2, 0) is 16.0 Å². The third-order valence-electron chi connectivity index (χ3n) is 6.57. The molecule has 1 saturated heterocycles. The Kier molecular flexibility index (Phi) is 9.61. The zero-order valence-corrected chi connectivity index (χ0v) is 21.3. The zero-order valence-electron chi connectivity index (χ0n) is 21.3. The molecule has 6 rings (SSSR count). The van der Waals surface area contributed by atoms with Gasteiger partial charge in [-0.15, -0.1) is 0 Å². The van der Waals surface area contributed by atoms with Crippen LogP contribution in [0.1, 0.15) is 43.1 Å². The molecule has 0 radical (unpaired) electrons. The van der Waals surface area contributed by atoms with Gasteiger partial charge in [0, 0.05) is 42.8 Å². The highest BCUT2D eigenvalue weighted by Crippen LogP contribution is 2.38. The molecule has 0 unspecified atom stereocenters. The quantitative estimate of drug-likeness (QED) is 0.359. The van der Waals surface area contributed by atoms with Crippen LogP contribution in [0.2, 0.25) is 0 Å². The van der Waals surface area contributed by atoms with E-state index in [4.69, 9.17) is 14.2 Å². The Morgan fingerprint density at radius 3 is 2.72 bits per heavy atom. The zero-order chi connectivity index (χ0) is 25.2. The molecule has 3 aromatic rings. The summed E-state index contributed by atoms with van der Waals surface area (Å²) in [5.41, 5.74) is 5.11. The maximum atomic E-state index is 9.91. The average Bonchev–Trinajstić information content (AvgIpc) is 3.57. The van der Waals surface area contributed by atoms with Crippen LogP contribution in [0.5, 0.6) is 11.5 Å². The van der Waals surface area contributed by atoms with Crippen molar-refractivity contribution in [3.8, 4) is 11.5 Å². The number of carbonyl (C=O) groups excluding carboxylic acids is 1. The van der Waals surface area contributed by atoms with Gasteiger partial charge in [-0.25, -0.2) is 0 Å². The number of para-hydroxylation sites is 1. The second-order valence-corrected chi connectivity index (χ2v) is 8.69. The summed E-state index contributed by atoms with van der Waals surface area (Å²) < 4.78 is 16.1. The summed E-state index contributed by atoms with van der Waals surface area (Å²) in [5.74, 6) is 1.67. The normalized spacial score (nSPS) is 18.3. The summed E-state index contributed by atoms with van der Waals surface area (Å²) in [6.45, 7) is 10.9. The Balaban J connectivity index is 0.000000186. The molecule has 1 amide bonds. The van der Waals surface area contributed by atoms with Crippen LogP contribution in [-0.4, -0.2) is 69.0 Å². The van der Waals surface area contributed by atoms with Gasteiger partial charge in [-0.1, -0.05) is 38.1 Å². The fourth-order valence-corrected chi connectivity index (χ4v) is 4.85. The number of fused-ring (bicyclic) bond motifs is 4. The first-order valence-corrected chi connectivity index (χ1v) is 13.0. The number of carbonyl (C=O) groups is 1. The second-order valence-electron chi connectivity index (χ2n) is 8.69. The van der Waals surface area contributed by atoms with Crippen molar-refractivity contribution in [1.82, 2.24) is 20.5 Å². The number of aromatic nitrogens is 1. The van der Waals surface area contributed by atoms with Crippen molar-refractivity contribution in [2.75, 3.05) is 52.7 Å². The molecule has 8 heteroatoms. The van der Waals surface area contributed by atoms with E-state index in [1.54, 1.807) is 0 Å². The Morgan fingerprint density at radius 1 is 1.08 bits per heavy atom. The molecule has 1 fully saturated rings. The maximum Gasteiger partial charge on any atom is 0.231 e. The van der Waals surface area contributed by atoms with E-state index in [0.717, 1.165) is 76.7 Å². The van der Waals surface area contributed by atoms with E-state index >= 15 is 0 Å². The first-order chi connectivity index (χ1) is 17.8. The number of rotatable bonds is 6. The minimum atomic E-state index is 0.172. The van der Waals surface area contributed by atoms with Crippen molar-refractivity contribution in [3.05, 3.63) is 59.3 Å². The predicted octanol–water partition coefficient (Wildman–Crippen LogP) is 3.61. The summed E-state index contributed by atoms with van der Waals surface area (Å²) in [7, 11) is 0. The lowest BCUT2D eigenvalue weighted by atomic mass is 9.94. The molecule has 4 heterocycles. The molecule has 8 nitrogen and oxygen atoms in total. The lowest BCUT2D eigenvalue weighted by molar-refractivity contribution is -0.109. The summed E-state index contributed by atoms with van der Waals surface area (Å²) in [5, 5.41) is 7.60. The molecule has 2 aromatic carbocycles. The van der Waals surface area contributed by atoms with Crippen LogP contribution >= 0.6 is 0 Å². The molecule has 36 heavy (non-hydrogen) atoms. The number of aromatic amines is 1. The molecule has 1 atom stereocenters. The molecule has 0 spiro atoms. The molecule has 1 aromatic heterocycles. The number of H-pyrrole nitrogens is 1. The number of hydrogen-bond acceptors (Lipinski definition) is 6. The highest BCUT2D eigenvalue weighted by atomic mass is 16.7. The third kappa shape index (κ3) is 6.19. The number of nitrogens with zero attached hydrogens (tertiary/aromatic N) is 1. The fraction of sp³-hybridized carbons (Fsp3) is 0.464. The maximum absolute atomic E-state index is 9.91. The van der Waals surface area contributed by atoms with Crippen LogP contribution in [0.4, 0.5) is 0 Å². The monoisotopic (exact) mass is 494 g/mol. The Bertz CT molecular complexity index is 1110. The van der Waals surface area contributed by atoms with Crippen molar-refractivity contribution in [2.45, 2.75) is 32.7 Å². The van der Waals surface area contributed by atoms with Crippen LogP contribution in [0.25, 0.3) is 10.9 Å². The van der Waals surface area contributed by atoms with Gasteiger partial charge in [0.15, 0.2) is 11.5 Å². The van der Waals surface area contributed by atoms with Gasteiger partial charge in [0.25, 0.3) is 0 Å². The standard InChI is InChI=1S/C18H16N2O2.C8H16N2O2.C2H6/c1-2-4-14-12(3-1)13-7-8-19-17(18(13)20-14)11-5-6-15-16(9-11)22-10-21-15;11-8-9-2-1-3-10-4-6-12-7-5-10;1-2/h1-6,9,17,19-20H,7-8,10H2;8H,1-7H2,(H,9,11);1-2H3/t17-;;/m0../s1. The minimum absolute atomic E-state index is 0.172. The summed E-state index contributed by atoms with van der Waals surface area (Å²) in [6, 6.07) is 14.9. The van der Waals surface area contributed by atoms with Crippen LogP contribution < -0.4 is 20.1 Å². The summed E-state index contributed by atoms with van der Waals surface area (Å²) in [6.07, 6.45) is 2.83. The second kappa shape index (κ2) is 13.3. The Labute approximate surface area is 213 Å².